The van der Waals surface area contributed by atoms with Crippen molar-refractivity contribution in [1.29, 1.82) is 0 Å². The highest BCUT2D eigenvalue weighted by Crippen LogP contribution is 2.11. The molecule has 2 aromatic rings. The number of hydrogen-bond donors (Lipinski definition) is 1. The zero-order chi connectivity index (χ0) is 12.7. The van der Waals surface area contributed by atoms with E-state index in [1.54, 1.807) is 6.92 Å². The molecule has 0 radical (unpaired) electrons. The summed E-state index contributed by atoms with van der Waals surface area (Å²) in [7, 11) is 0. The summed E-state index contributed by atoms with van der Waals surface area (Å²) in [6, 6.07) is 5.38. The molecule has 92 valence electrons. The van der Waals surface area contributed by atoms with Gasteiger partial charge in [-0.1, -0.05) is 6.07 Å². The zero-order valence-corrected chi connectivity index (χ0v) is 10.5. The van der Waals surface area contributed by atoms with Gasteiger partial charge in [-0.25, -0.2) is 0 Å². The smallest absolute Gasteiger partial charge is 0.251 e. The van der Waals surface area contributed by atoms with Crippen molar-refractivity contribution in [3.63, 3.8) is 0 Å². The lowest BCUT2D eigenvalue weighted by Gasteiger charge is -2.12. The van der Waals surface area contributed by atoms with Gasteiger partial charge in [-0.05, 0) is 31.3 Å². The molecule has 1 fully saturated rings. The first kappa shape index (κ1) is 11.1. The highest BCUT2D eigenvalue weighted by Gasteiger charge is 2.32. The van der Waals surface area contributed by atoms with Crippen LogP contribution in [0.25, 0.3) is 5.65 Å². The fraction of sp³-hybridized carbons (Fsp3) is 0.273. The summed E-state index contributed by atoms with van der Waals surface area (Å²) >= 11 is 5.13. The van der Waals surface area contributed by atoms with Gasteiger partial charge in [0.25, 0.3) is 5.91 Å². The molecule has 1 aliphatic heterocycles. The van der Waals surface area contributed by atoms with Crippen LogP contribution in [0.2, 0.25) is 0 Å². The third-order valence-electron chi connectivity index (χ3n) is 2.91. The molecule has 1 N–H and O–H groups in total. The molecule has 6 nitrogen and oxygen atoms in total. The Kier molecular flexibility index (Phi) is 2.48. The molecule has 1 atom stereocenters. The number of fused-ring (bicyclic) bond motifs is 1. The molecule has 0 aliphatic carbocycles. The minimum absolute atomic E-state index is 0.0346. The number of hydrogen-bond acceptors (Lipinski definition) is 4. The number of thiocarbonyl (C=S) groups is 1. The SMILES string of the molecule is CC1NC(=S)N(Cc2nnc3ccccn23)C1=O. The van der Waals surface area contributed by atoms with Crippen LogP contribution in [0.15, 0.2) is 24.4 Å². The Bertz CT molecular complexity index is 637. The van der Waals surface area contributed by atoms with E-state index in [1.165, 1.54) is 4.90 Å². The van der Waals surface area contributed by atoms with Gasteiger partial charge in [0.05, 0.1) is 6.54 Å². The minimum atomic E-state index is -0.267. The Morgan fingerprint density at radius 3 is 3.00 bits per heavy atom. The Balaban J connectivity index is 1.93. The summed E-state index contributed by atoms with van der Waals surface area (Å²) in [4.78, 5) is 13.4. The Labute approximate surface area is 109 Å². The molecular formula is C11H11N5OS. The molecule has 18 heavy (non-hydrogen) atoms. The molecule has 1 saturated heterocycles. The minimum Gasteiger partial charge on any atom is -0.351 e. The first-order valence-corrected chi connectivity index (χ1v) is 5.98. The second-order valence-electron chi connectivity index (χ2n) is 4.14. The van der Waals surface area contributed by atoms with Crippen molar-refractivity contribution in [2.75, 3.05) is 0 Å². The summed E-state index contributed by atoms with van der Waals surface area (Å²) in [5.74, 6) is 0.657. The van der Waals surface area contributed by atoms with E-state index in [2.05, 4.69) is 15.5 Å². The zero-order valence-electron chi connectivity index (χ0n) is 9.70. The van der Waals surface area contributed by atoms with Crippen LogP contribution >= 0.6 is 12.2 Å². The van der Waals surface area contributed by atoms with E-state index in [4.69, 9.17) is 12.2 Å². The number of pyridine rings is 1. The highest BCUT2D eigenvalue weighted by atomic mass is 32.1. The topological polar surface area (TPSA) is 62.5 Å². The fourth-order valence-electron chi connectivity index (χ4n) is 1.95. The number of aromatic nitrogens is 3. The second-order valence-corrected chi connectivity index (χ2v) is 4.53. The Morgan fingerprint density at radius 1 is 1.44 bits per heavy atom. The van der Waals surface area contributed by atoms with Crippen LogP contribution in [0.1, 0.15) is 12.7 Å². The lowest BCUT2D eigenvalue weighted by molar-refractivity contribution is -0.127. The van der Waals surface area contributed by atoms with Gasteiger partial charge in [0.1, 0.15) is 6.04 Å². The van der Waals surface area contributed by atoms with Crippen molar-refractivity contribution < 1.29 is 4.79 Å². The van der Waals surface area contributed by atoms with E-state index in [-0.39, 0.29) is 11.9 Å². The van der Waals surface area contributed by atoms with Crippen LogP contribution in [0.4, 0.5) is 0 Å². The van der Waals surface area contributed by atoms with E-state index < -0.39 is 0 Å². The summed E-state index contributed by atoms with van der Waals surface area (Å²) in [6.45, 7) is 2.12. The molecular weight excluding hydrogens is 250 g/mol. The molecule has 1 aliphatic rings. The van der Waals surface area contributed by atoms with Gasteiger partial charge in [-0.2, -0.15) is 0 Å². The van der Waals surface area contributed by atoms with Gasteiger partial charge >= 0.3 is 0 Å². The van der Waals surface area contributed by atoms with Crippen molar-refractivity contribution in [2.24, 2.45) is 0 Å². The van der Waals surface area contributed by atoms with Crippen LogP contribution in [0.5, 0.6) is 0 Å². The lowest BCUT2D eigenvalue weighted by atomic mass is 10.3. The third kappa shape index (κ3) is 1.63. The van der Waals surface area contributed by atoms with E-state index in [1.807, 2.05) is 28.8 Å². The number of carbonyl (C=O) groups is 1. The highest BCUT2D eigenvalue weighted by molar-refractivity contribution is 7.80. The average Bonchev–Trinajstić information content (AvgIpc) is 2.87. The second kappa shape index (κ2) is 4.02. The predicted molar refractivity (Wildman–Crippen MR) is 68.7 cm³/mol. The van der Waals surface area contributed by atoms with Crippen molar-refractivity contribution >= 4 is 28.9 Å². The molecule has 1 amide bonds. The lowest BCUT2D eigenvalue weighted by Crippen LogP contribution is -2.31. The monoisotopic (exact) mass is 261 g/mol. The molecule has 0 saturated carbocycles. The number of nitrogens with one attached hydrogen (secondary N) is 1. The van der Waals surface area contributed by atoms with Crippen LogP contribution in [0.3, 0.4) is 0 Å². The number of amides is 1. The van der Waals surface area contributed by atoms with Crippen LogP contribution < -0.4 is 5.32 Å². The maximum Gasteiger partial charge on any atom is 0.251 e. The first-order chi connectivity index (χ1) is 8.66. The van der Waals surface area contributed by atoms with Gasteiger partial charge in [0, 0.05) is 6.20 Å². The first-order valence-electron chi connectivity index (χ1n) is 5.57. The van der Waals surface area contributed by atoms with Crippen molar-refractivity contribution in [3.05, 3.63) is 30.2 Å². The summed E-state index contributed by atoms with van der Waals surface area (Å²) in [5, 5.41) is 11.5. The maximum atomic E-state index is 11.9. The Morgan fingerprint density at radius 2 is 2.28 bits per heavy atom. The van der Waals surface area contributed by atoms with Crippen molar-refractivity contribution in [3.8, 4) is 0 Å². The van der Waals surface area contributed by atoms with E-state index in [0.717, 1.165) is 5.65 Å². The van der Waals surface area contributed by atoms with Gasteiger partial charge in [0.15, 0.2) is 16.6 Å². The quantitative estimate of drug-likeness (QED) is 0.790. The normalized spacial score (nSPS) is 19.6. The predicted octanol–water partition coefficient (Wildman–Crippen LogP) is 0.335. The standard InChI is InChI=1S/C11H11N5OS/c1-7-10(17)16(11(18)12-7)6-9-14-13-8-4-2-3-5-15(8)9/h2-5,7H,6H2,1H3,(H,12,18). The van der Waals surface area contributed by atoms with Crippen LogP contribution in [-0.2, 0) is 11.3 Å². The van der Waals surface area contributed by atoms with Crippen molar-refractivity contribution in [1.82, 2.24) is 24.8 Å². The summed E-state index contributed by atoms with van der Waals surface area (Å²) in [5.41, 5.74) is 0.756. The molecule has 0 bridgehead atoms. The number of rotatable bonds is 2. The molecule has 3 rings (SSSR count). The maximum absolute atomic E-state index is 11.9. The molecule has 1 unspecified atom stereocenters. The molecule has 2 aromatic heterocycles. The largest absolute Gasteiger partial charge is 0.351 e. The van der Waals surface area contributed by atoms with Gasteiger partial charge < -0.3 is 5.32 Å². The van der Waals surface area contributed by atoms with Crippen LogP contribution in [-0.4, -0.2) is 36.6 Å². The number of carbonyl (C=O) groups excluding carboxylic acids is 1. The molecule has 0 spiro atoms. The van der Waals surface area contributed by atoms with Crippen LogP contribution in [0, 0.1) is 0 Å². The fourth-order valence-corrected chi connectivity index (χ4v) is 2.28. The van der Waals surface area contributed by atoms with Gasteiger partial charge in [-0.15, -0.1) is 10.2 Å². The van der Waals surface area contributed by atoms with E-state index in [9.17, 15) is 4.79 Å². The summed E-state index contributed by atoms with van der Waals surface area (Å²) in [6.07, 6.45) is 1.87. The third-order valence-corrected chi connectivity index (χ3v) is 3.24. The molecule has 0 aromatic carbocycles. The van der Waals surface area contributed by atoms with E-state index >= 15 is 0 Å². The molecule has 3 heterocycles. The number of nitrogens with zero attached hydrogens (tertiary/aromatic N) is 4. The van der Waals surface area contributed by atoms with E-state index in [0.29, 0.717) is 17.5 Å². The van der Waals surface area contributed by atoms with Gasteiger partial charge in [-0.3, -0.25) is 14.1 Å². The average molecular weight is 261 g/mol. The Hall–Kier alpha value is -2.02. The van der Waals surface area contributed by atoms with Crippen molar-refractivity contribution in [2.45, 2.75) is 19.5 Å². The summed E-state index contributed by atoms with van der Waals surface area (Å²) < 4.78 is 1.85. The van der Waals surface area contributed by atoms with Gasteiger partial charge in [0.2, 0.25) is 0 Å². The molecule has 7 heteroatoms.